The smallest absolute Gasteiger partial charge is 0.211 e. The van der Waals surface area contributed by atoms with Crippen LogP contribution >= 0.6 is 0 Å². The molecule has 0 saturated heterocycles. The molecule has 1 heterocycles. The Hall–Kier alpha value is -3.08. The zero-order valence-corrected chi connectivity index (χ0v) is 12.9. The summed E-state index contributed by atoms with van der Waals surface area (Å²) >= 11 is 0. The SMILES string of the molecule is COc1ccc(C(=O)c2ccc3cccc(N)c3n2)cc1OC. The number of hydrogen-bond donors (Lipinski definition) is 1. The van der Waals surface area contributed by atoms with Gasteiger partial charge in [0.2, 0.25) is 5.78 Å². The molecule has 1 aromatic heterocycles. The van der Waals surface area contributed by atoms with Crippen molar-refractivity contribution in [2.24, 2.45) is 0 Å². The molecule has 5 heteroatoms. The van der Waals surface area contributed by atoms with E-state index in [2.05, 4.69) is 4.98 Å². The Morgan fingerprint density at radius 3 is 2.52 bits per heavy atom. The van der Waals surface area contributed by atoms with Crippen LogP contribution in [0.4, 0.5) is 5.69 Å². The second-order valence-corrected chi connectivity index (χ2v) is 5.01. The number of ether oxygens (including phenoxy) is 2. The number of hydrogen-bond acceptors (Lipinski definition) is 5. The third-order valence-corrected chi connectivity index (χ3v) is 3.63. The number of nitrogens with zero attached hydrogens (tertiary/aromatic N) is 1. The van der Waals surface area contributed by atoms with E-state index < -0.39 is 0 Å². The molecule has 0 bridgehead atoms. The molecule has 2 aromatic carbocycles. The topological polar surface area (TPSA) is 74.4 Å². The second kappa shape index (κ2) is 5.96. The molecular weight excluding hydrogens is 292 g/mol. The van der Waals surface area contributed by atoms with Gasteiger partial charge in [0, 0.05) is 10.9 Å². The molecule has 5 nitrogen and oxygen atoms in total. The normalized spacial score (nSPS) is 10.5. The summed E-state index contributed by atoms with van der Waals surface area (Å²) in [7, 11) is 3.08. The highest BCUT2D eigenvalue weighted by molar-refractivity contribution is 6.09. The molecule has 0 aliphatic carbocycles. The van der Waals surface area contributed by atoms with Crippen LogP contribution in [0.15, 0.2) is 48.5 Å². The van der Waals surface area contributed by atoms with Crippen LogP contribution in [0.3, 0.4) is 0 Å². The van der Waals surface area contributed by atoms with Crippen molar-refractivity contribution >= 4 is 22.4 Å². The Morgan fingerprint density at radius 2 is 1.78 bits per heavy atom. The van der Waals surface area contributed by atoms with E-state index in [1.165, 1.54) is 7.11 Å². The lowest BCUT2D eigenvalue weighted by Gasteiger charge is -2.09. The first-order valence-corrected chi connectivity index (χ1v) is 7.06. The molecule has 0 amide bonds. The Kier molecular flexibility index (Phi) is 3.85. The highest BCUT2D eigenvalue weighted by Gasteiger charge is 2.15. The summed E-state index contributed by atoms with van der Waals surface area (Å²) in [5.74, 6) is 0.870. The maximum atomic E-state index is 12.7. The standard InChI is InChI=1S/C18H16N2O3/c1-22-15-9-7-12(10-16(15)23-2)18(21)14-8-6-11-4-3-5-13(19)17(11)20-14/h3-10H,19H2,1-2H3. The minimum Gasteiger partial charge on any atom is -0.493 e. The predicted octanol–water partition coefficient (Wildman–Crippen LogP) is 3.07. The summed E-state index contributed by atoms with van der Waals surface area (Å²) in [6.07, 6.45) is 0. The van der Waals surface area contributed by atoms with Crippen molar-refractivity contribution in [2.75, 3.05) is 20.0 Å². The summed E-state index contributed by atoms with van der Waals surface area (Å²) < 4.78 is 10.4. The number of rotatable bonds is 4. The van der Waals surface area contributed by atoms with Gasteiger partial charge in [-0.2, -0.15) is 0 Å². The number of nitrogens with two attached hydrogens (primary N) is 1. The number of carbonyl (C=O) groups excluding carboxylic acids is 1. The number of aromatic nitrogens is 1. The first kappa shape index (κ1) is 14.8. The number of carbonyl (C=O) groups is 1. The molecule has 0 saturated carbocycles. The van der Waals surface area contributed by atoms with E-state index >= 15 is 0 Å². The summed E-state index contributed by atoms with van der Waals surface area (Å²) in [5.41, 5.74) is 7.92. The van der Waals surface area contributed by atoms with E-state index in [1.807, 2.05) is 18.2 Å². The van der Waals surface area contributed by atoms with Gasteiger partial charge in [0.05, 0.1) is 25.4 Å². The monoisotopic (exact) mass is 308 g/mol. The first-order chi connectivity index (χ1) is 11.1. The lowest BCUT2D eigenvalue weighted by Crippen LogP contribution is -2.05. The number of benzene rings is 2. The van der Waals surface area contributed by atoms with Crippen LogP contribution in [0.25, 0.3) is 10.9 Å². The van der Waals surface area contributed by atoms with Crippen LogP contribution in [-0.2, 0) is 0 Å². The van der Waals surface area contributed by atoms with Crippen LogP contribution < -0.4 is 15.2 Å². The minimum absolute atomic E-state index is 0.198. The minimum atomic E-state index is -0.198. The van der Waals surface area contributed by atoms with Gasteiger partial charge in [0.15, 0.2) is 11.5 Å². The summed E-state index contributed by atoms with van der Waals surface area (Å²) in [6, 6.07) is 14.1. The van der Waals surface area contributed by atoms with Crippen LogP contribution in [-0.4, -0.2) is 25.0 Å². The number of pyridine rings is 1. The van der Waals surface area contributed by atoms with Crippen LogP contribution in [0.1, 0.15) is 16.1 Å². The number of fused-ring (bicyclic) bond motifs is 1. The second-order valence-electron chi connectivity index (χ2n) is 5.01. The van der Waals surface area contributed by atoms with Gasteiger partial charge in [-0.15, -0.1) is 0 Å². The molecule has 2 N–H and O–H groups in total. The number of anilines is 1. The molecule has 116 valence electrons. The molecule has 0 aliphatic rings. The maximum Gasteiger partial charge on any atom is 0.211 e. The van der Waals surface area contributed by atoms with E-state index in [4.69, 9.17) is 15.2 Å². The third kappa shape index (κ3) is 2.68. The molecule has 0 aliphatic heterocycles. The highest BCUT2D eigenvalue weighted by atomic mass is 16.5. The molecule has 0 spiro atoms. The van der Waals surface area contributed by atoms with E-state index in [0.29, 0.717) is 34.0 Å². The maximum absolute atomic E-state index is 12.7. The lowest BCUT2D eigenvalue weighted by molar-refractivity contribution is 0.103. The molecule has 3 rings (SSSR count). The number of para-hydroxylation sites is 1. The number of methoxy groups -OCH3 is 2. The van der Waals surface area contributed by atoms with Crippen molar-refractivity contribution in [2.45, 2.75) is 0 Å². The van der Waals surface area contributed by atoms with Gasteiger partial charge in [-0.05, 0) is 30.3 Å². The van der Waals surface area contributed by atoms with Gasteiger partial charge < -0.3 is 15.2 Å². The zero-order valence-electron chi connectivity index (χ0n) is 12.9. The molecule has 0 fully saturated rings. The van der Waals surface area contributed by atoms with Gasteiger partial charge >= 0.3 is 0 Å². The number of nitrogen functional groups attached to an aromatic ring is 1. The van der Waals surface area contributed by atoms with Gasteiger partial charge in [0.1, 0.15) is 5.69 Å². The average Bonchev–Trinajstić information content (AvgIpc) is 2.60. The average molecular weight is 308 g/mol. The van der Waals surface area contributed by atoms with Crippen LogP contribution in [0.2, 0.25) is 0 Å². The fourth-order valence-electron chi connectivity index (χ4n) is 2.42. The Labute approximate surface area is 133 Å². The molecule has 0 unspecified atom stereocenters. The Bertz CT molecular complexity index is 891. The van der Waals surface area contributed by atoms with Crippen molar-refractivity contribution in [3.8, 4) is 11.5 Å². The van der Waals surface area contributed by atoms with Crippen molar-refractivity contribution in [1.29, 1.82) is 0 Å². The summed E-state index contributed by atoms with van der Waals surface area (Å²) in [6.45, 7) is 0. The quantitative estimate of drug-likeness (QED) is 0.592. The molecule has 0 atom stereocenters. The Balaban J connectivity index is 2.05. The molecular formula is C18H16N2O3. The highest BCUT2D eigenvalue weighted by Crippen LogP contribution is 2.28. The first-order valence-electron chi connectivity index (χ1n) is 7.06. The van der Waals surface area contributed by atoms with Crippen LogP contribution in [0.5, 0.6) is 11.5 Å². The lowest BCUT2D eigenvalue weighted by atomic mass is 10.1. The summed E-state index contributed by atoms with van der Waals surface area (Å²) in [5, 5.41) is 0.897. The van der Waals surface area contributed by atoms with E-state index in [9.17, 15) is 4.79 Å². The van der Waals surface area contributed by atoms with Gasteiger partial charge in [-0.1, -0.05) is 18.2 Å². The zero-order chi connectivity index (χ0) is 16.4. The van der Waals surface area contributed by atoms with E-state index in [-0.39, 0.29) is 5.78 Å². The summed E-state index contributed by atoms with van der Waals surface area (Å²) in [4.78, 5) is 17.1. The molecule has 23 heavy (non-hydrogen) atoms. The van der Waals surface area contributed by atoms with E-state index in [1.54, 1.807) is 37.4 Å². The third-order valence-electron chi connectivity index (χ3n) is 3.63. The fraction of sp³-hybridized carbons (Fsp3) is 0.111. The Morgan fingerprint density at radius 1 is 1.00 bits per heavy atom. The van der Waals surface area contributed by atoms with E-state index in [0.717, 1.165) is 5.39 Å². The van der Waals surface area contributed by atoms with Crippen molar-refractivity contribution in [3.05, 3.63) is 59.8 Å². The van der Waals surface area contributed by atoms with Crippen LogP contribution in [0, 0.1) is 0 Å². The van der Waals surface area contributed by atoms with Crippen molar-refractivity contribution in [3.63, 3.8) is 0 Å². The molecule has 3 aromatic rings. The number of ketones is 1. The van der Waals surface area contributed by atoms with Crippen molar-refractivity contribution in [1.82, 2.24) is 4.98 Å². The molecule has 0 radical (unpaired) electrons. The van der Waals surface area contributed by atoms with Gasteiger partial charge in [-0.25, -0.2) is 4.98 Å². The largest absolute Gasteiger partial charge is 0.493 e. The van der Waals surface area contributed by atoms with Crippen molar-refractivity contribution < 1.29 is 14.3 Å². The van der Waals surface area contributed by atoms with Gasteiger partial charge in [0.25, 0.3) is 0 Å². The predicted molar refractivity (Wildman–Crippen MR) is 89.1 cm³/mol. The van der Waals surface area contributed by atoms with Gasteiger partial charge in [-0.3, -0.25) is 4.79 Å². The fourth-order valence-corrected chi connectivity index (χ4v) is 2.42.